The molecule has 3 aliphatic rings. The van der Waals surface area contributed by atoms with Crippen LogP contribution < -0.4 is 0 Å². The number of piperidine rings is 1. The number of carbonyl (C=O) groups is 2. The summed E-state index contributed by atoms with van der Waals surface area (Å²) in [6, 6.07) is 7.75. The van der Waals surface area contributed by atoms with Crippen LogP contribution in [0.15, 0.2) is 24.3 Å². The van der Waals surface area contributed by atoms with E-state index in [1.165, 1.54) is 32.1 Å². The minimum Gasteiger partial charge on any atom is -0.342 e. The van der Waals surface area contributed by atoms with Crippen molar-refractivity contribution in [2.24, 2.45) is 11.8 Å². The predicted molar refractivity (Wildman–Crippen MR) is 112 cm³/mol. The van der Waals surface area contributed by atoms with E-state index in [0.717, 1.165) is 49.8 Å². The molecule has 3 fully saturated rings. The third-order valence-electron chi connectivity index (χ3n) is 7.58. The summed E-state index contributed by atoms with van der Waals surface area (Å²) < 4.78 is 0. The molecule has 1 heterocycles. The summed E-state index contributed by atoms with van der Waals surface area (Å²) in [5, 5.41) is 0.706. The van der Waals surface area contributed by atoms with Crippen LogP contribution in [0.2, 0.25) is 5.02 Å². The maximum Gasteiger partial charge on any atom is 0.222 e. The van der Waals surface area contributed by atoms with Gasteiger partial charge < -0.3 is 4.90 Å². The largest absolute Gasteiger partial charge is 0.342 e. The molecule has 4 rings (SSSR count). The van der Waals surface area contributed by atoms with E-state index in [0.29, 0.717) is 30.1 Å². The highest BCUT2D eigenvalue weighted by molar-refractivity contribution is 6.30. The van der Waals surface area contributed by atoms with E-state index < -0.39 is 0 Å². The molecule has 3 nitrogen and oxygen atoms in total. The molecule has 0 radical (unpaired) electrons. The number of rotatable bonds is 6. The number of fused-ring (bicyclic) bond motifs is 1. The molecular weight excluding hydrogens is 370 g/mol. The van der Waals surface area contributed by atoms with Gasteiger partial charge in [0.25, 0.3) is 0 Å². The SMILES string of the molecule is O=C(CCCC(=O)C1(c2ccc(Cl)cc2)CCC1)N1CCC2CCCCC2C1. The quantitative estimate of drug-likeness (QED) is 0.627. The Hall–Kier alpha value is -1.35. The van der Waals surface area contributed by atoms with Crippen LogP contribution in [-0.2, 0) is 15.0 Å². The van der Waals surface area contributed by atoms with E-state index in [2.05, 4.69) is 4.90 Å². The standard InChI is InChI=1S/C24H32ClNO2/c25-21-11-9-20(10-12-21)24(14-4-15-24)22(27)7-3-8-23(28)26-16-13-18-5-1-2-6-19(18)17-26/h9-12,18-19H,1-8,13-17H2. The van der Waals surface area contributed by atoms with Crippen LogP contribution in [0.25, 0.3) is 0 Å². The molecule has 0 spiro atoms. The fourth-order valence-corrected chi connectivity index (χ4v) is 5.78. The third-order valence-corrected chi connectivity index (χ3v) is 7.83. The summed E-state index contributed by atoms with van der Waals surface area (Å²) in [7, 11) is 0. The van der Waals surface area contributed by atoms with E-state index in [1.807, 2.05) is 24.3 Å². The van der Waals surface area contributed by atoms with Crippen molar-refractivity contribution in [1.29, 1.82) is 0 Å². The molecular formula is C24H32ClNO2. The Morgan fingerprint density at radius 2 is 1.68 bits per heavy atom. The maximum atomic E-state index is 13.0. The Kier molecular flexibility index (Phi) is 6.10. The van der Waals surface area contributed by atoms with Crippen molar-refractivity contribution in [3.05, 3.63) is 34.9 Å². The van der Waals surface area contributed by atoms with Crippen molar-refractivity contribution in [2.45, 2.75) is 76.0 Å². The smallest absolute Gasteiger partial charge is 0.222 e. The molecule has 2 saturated carbocycles. The van der Waals surface area contributed by atoms with Crippen LogP contribution in [0.4, 0.5) is 0 Å². The molecule has 2 aliphatic carbocycles. The number of hydrogen-bond donors (Lipinski definition) is 0. The fraction of sp³-hybridized carbons (Fsp3) is 0.667. The highest BCUT2D eigenvalue weighted by atomic mass is 35.5. The van der Waals surface area contributed by atoms with Crippen LogP contribution in [0.5, 0.6) is 0 Å². The van der Waals surface area contributed by atoms with Gasteiger partial charge in [-0.05, 0) is 61.6 Å². The van der Waals surface area contributed by atoms with Crippen molar-refractivity contribution in [2.75, 3.05) is 13.1 Å². The number of likely N-dealkylation sites (tertiary alicyclic amines) is 1. The summed E-state index contributed by atoms with van der Waals surface area (Å²) in [4.78, 5) is 27.8. The lowest BCUT2D eigenvalue weighted by molar-refractivity contribution is -0.134. The molecule has 1 aliphatic heterocycles. The van der Waals surface area contributed by atoms with Gasteiger partial charge in [-0.15, -0.1) is 0 Å². The lowest BCUT2D eigenvalue weighted by Gasteiger charge is -2.42. The summed E-state index contributed by atoms with van der Waals surface area (Å²) in [6.45, 7) is 1.87. The van der Waals surface area contributed by atoms with Gasteiger partial charge in [0.2, 0.25) is 5.91 Å². The van der Waals surface area contributed by atoms with E-state index >= 15 is 0 Å². The Labute approximate surface area is 173 Å². The topological polar surface area (TPSA) is 37.4 Å². The zero-order valence-electron chi connectivity index (χ0n) is 16.8. The lowest BCUT2D eigenvalue weighted by Crippen LogP contribution is -2.45. The highest BCUT2D eigenvalue weighted by Gasteiger charge is 2.44. The van der Waals surface area contributed by atoms with Gasteiger partial charge in [0.1, 0.15) is 5.78 Å². The van der Waals surface area contributed by atoms with E-state index in [9.17, 15) is 9.59 Å². The molecule has 0 aromatic heterocycles. The minimum atomic E-state index is -0.325. The van der Waals surface area contributed by atoms with Gasteiger partial charge in [0.05, 0.1) is 5.41 Å². The Morgan fingerprint density at radius 1 is 0.964 bits per heavy atom. The zero-order chi connectivity index (χ0) is 19.6. The van der Waals surface area contributed by atoms with Gasteiger partial charge in [0.15, 0.2) is 0 Å². The van der Waals surface area contributed by atoms with Gasteiger partial charge in [-0.2, -0.15) is 0 Å². The molecule has 1 aromatic carbocycles. The van der Waals surface area contributed by atoms with Crippen molar-refractivity contribution in [1.82, 2.24) is 4.90 Å². The Balaban J connectivity index is 1.28. The fourth-order valence-electron chi connectivity index (χ4n) is 5.65. The summed E-state index contributed by atoms with van der Waals surface area (Å²) in [6.07, 6.45) is 11.2. The lowest BCUT2D eigenvalue weighted by atomic mass is 9.61. The van der Waals surface area contributed by atoms with Gasteiger partial charge in [-0.3, -0.25) is 9.59 Å². The monoisotopic (exact) mass is 401 g/mol. The molecule has 1 saturated heterocycles. The van der Waals surface area contributed by atoms with E-state index in [-0.39, 0.29) is 11.3 Å². The number of benzene rings is 1. The Bertz CT molecular complexity index is 710. The second-order valence-corrected chi connectivity index (χ2v) is 9.59. The number of carbonyl (C=O) groups excluding carboxylic acids is 2. The molecule has 1 amide bonds. The molecule has 2 unspecified atom stereocenters. The van der Waals surface area contributed by atoms with E-state index in [1.54, 1.807) is 0 Å². The van der Waals surface area contributed by atoms with Crippen LogP contribution >= 0.6 is 11.6 Å². The normalized spacial score (nSPS) is 26.2. The zero-order valence-corrected chi connectivity index (χ0v) is 17.6. The van der Waals surface area contributed by atoms with Gasteiger partial charge in [-0.1, -0.05) is 49.4 Å². The predicted octanol–water partition coefficient (Wildman–Crippen LogP) is 5.54. The van der Waals surface area contributed by atoms with Crippen LogP contribution in [0.1, 0.15) is 76.2 Å². The number of nitrogens with zero attached hydrogens (tertiary/aromatic N) is 1. The second kappa shape index (κ2) is 8.57. The van der Waals surface area contributed by atoms with Gasteiger partial charge in [-0.25, -0.2) is 0 Å². The molecule has 0 N–H and O–H groups in total. The first kappa shape index (κ1) is 19.9. The number of hydrogen-bond acceptors (Lipinski definition) is 2. The molecule has 2 atom stereocenters. The number of Topliss-reactive ketones (excluding diaryl/α,β-unsaturated/α-hetero) is 1. The summed E-state index contributed by atoms with van der Waals surface area (Å²) >= 11 is 6.01. The summed E-state index contributed by atoms with van der Waals surface area (Å²) in [5.41, 5.74) is 0.771. The molecule has 1 aromatic rings. The van der Waals surface area contributed by atoms with Crippen molar-refractivity contribution in [3.8, 4) is 0 Å². The molecule has 4 heteroatoms. The molecule has 28 heavy (non-hydrogen) atoms. The second-order valence-electron chi connectivity index (χ2n) is 9.15. The first-order valence-electron chi connectivity index (χ1n) is 11.2. The first-order chi connectivity index (χ1) is 13.6. The van der Waals surface area contributed by atoms with Crippen LogP contribution in [0, 0.1) is 11.8 Å². The molecule has 152 valence electrons. The van der Waals surface area contributed by atoms with Crippen molar-refractivity contribution >= 4 is 23.3 Å². The number of amides is 1. The first-order valence-corrected chi connectivity index (χ1v) is 11.5. The average molecular weight is 402 g/mol. The molecule has 0 bridgehead atoms. The van der Waals surface area contributed by atoms with Crippen molar-refractivity contribution in [3.63, 3.8) is 0 Å². The highest BCUT2D eigenvalue weighted by Crippen LogP contribution is 2.45. The third kappa shape index (κ3) is 4.01. The van der Waals surface area contributed by atoms with Crippen molar-refractivity contribution < 1.29 is 9.59 Å². The number of ketones is 1. The minimum absolute atomic E-state index is 0.256. The van der Waals surface area contributed by atoms with Gasteiger partial charge >= 0.3 is 0 Å². The number of halogens is 1. The van der Waals surface area contributed by atoms with E-state index in [4.69, 9.17) is 11.6 Å². The maximum absolute atomic E-state index is 13.0. The Morgan fingerprint density at radius 3 is 2.36 bits per heavy atom. The average Bonchev–Trinajstić information content (AvgIpc) is 2.68. The van der Waals surface area contributed by atoms with Crippen LogP contribution in [0.3, 0.4) is 0 Å². The summed E-state index contributed by atoms with van der Waals surface area (Å²) in [5.74, 6) is 2.12. The van der Waals surface area contributed by atoms with Crippen LogP contribution in [-0.4, -0.2) is 29.7 Å². The van der Waals surface area contributed by atoms with Gasteiger partial charge in [0, 0.05) is 31.0 Å².